The van der Waals surface area contributed by atoms with E-state index >= 15 is 0 Å². The minimum absolute atomic E-state index is 0.358. The van der Waals surface area contributed by atoms with Gasteiger partial charge in [0.1, 0.15) is 0 Å². The molecule has 2 aromatic rings. The van der Waals surface area contributed by atoms with Gasteiger partial charge in [0.15, 0.2) is 0 Å². The quantitative estimate of drug-likeness (QED) is 0.484. The maximum atomic E-state index is 5.41. The van der Waals surface area contributed by atoms with E-state index < -0.39 is 0 Å². The average Bonchev–Trinajstić information content (AvgIpc) is 3.61. The summed E-state index contributed by atoms with van der Waals surface area (Å²) in [5.74, 6) is 2.22. The van der Waals surface area contributed by atoms with Crippen LogP contribution >= 0.6 is 0 Å². The molecular weight excluding hydrogens is 418 g/mol. The zero-order valence-electron chi connectivity index (χ0n) is 21.9. The molecule has 0 spiro atoms. The zero-order chi connectivity index (χ0) is 23.9. The van der Waals surface area contributed by atoms with Crippen LogP contribution in [-0.4, -0.2) is 49.7 Å². The van der Waals surface area contributed by atoms with E-state index in [-0.39, 0.29) is 0 Å². The highest BCUT2D eigenvalue weighted by molar-refractivity contribution is 5.68. The molecule has 5 rings (SSSR count). The summed E-state index contributed by atoms with van der Waals surface area (Å²) in [7, 11) is 1.69. The minimum Gasteiger partial charge on any atom is -0.481 e. The normalized spacial score (nSPS) is 23.1. The molecule has 184 valence electrons. The molecule has 3 fully saturated rings. The van der Waals surface area contributed by atoms with Crippen molar-refractivity contribution in [3.63, 3.8) is 0 Å². The van der Waals surface area contributed by atoms with Gasteiger partial charge in [-0.1, -0.05) is 39.8 Å². The number of pyridine rings is 1. The Bertz CT molecular complexity index is 986. The molecule has 1 saturated heterocycles. The highest BCUT2D eigenvalue weighted by Crippen LogP contribution is 2.53. The third-order valence-electron chi connectivity index (χ3n) is 8.18. The largest absolute Gasteiger partial charge is 0.481 e. The standard InChI is InChI=1S/C30H43N3O/c1-29(2)18-24(19-30(3,4)21-29)25-17-23(26-7-6-8-28(31-26)34-5)11-12-27(25)33-15-13-32(14-16-33)20-22-9-10-22/h6-8,11-12,17,22,24H,9-10,13-16,18-21H2,1-5H3. The van der Waals surface area contributed by atoms with Crippen molar-refractivity contribution in [2.75, 3.05) is 44.7 Å². The van der Waals surface area contributed by atoms with Gasteiger partial charge in [0.2, 0.25) is 5.88 Å². The maximum Gasteiger partial charge on any atom is 0.213 e. The predicted octanol–water partition coefficient (Wildman–Crippen LogP) is 6.61. The van der Waals surface area contributed by atoms with Crippen LogP contribution in [-0.2, 0) is 0 Å². The molecule has 0 N–H and O–H groups in total. The summed E-state index contributed by atoms with van der Waals surface area (Å²) < 4.78 is 5.41. The van der Waals surface area contributed by atoms with Gasteiger partial charge in [-0.15, -0.1) is 0 Å². The summed E-state index contributed by atoms with van der Waals surface area (Å²) >= 11 is 0. The monoisotopic (exact) mass is 461 g/mol. The van der Waals surface area contributed by atoms with E-state index in [1.165, 1.54) is 68.6 Å². The van der Waals surface area contributed by atoms with Gasteiger partial charge in [-0.3, -0.25) is 4.90 Å². The van der Waals surface area contributed by atoms with Crippen LogP contribution in [0.25, 0.3) is 11.3 Å². The van der Waals surface area contributed by atoms with E-state index in [2.05, 4.69) is 61.8 Å². The second kappa shape index (κ2) is 9.18. The lowest BCUT2D eigenvalue weighted by Crippen LogP contribution is -2.47. The van der Waals surface area contributed by atoms with Gasteiger partial charge >= 0.3 is 0 Å². The number of hydrogen-bond acceptors (Lipinski definition) is 4. The molecule has 4 nitrogen and oxygen atoms in total. The minimum atomic E-state index is 0.358. The van der Waals surface area contributed by atoms with Crippen LogP contribution in [0.15, 0.2) is 36.4 Å². The Morgan fingerprint density at radius 2 is 1.65 bits per heavy atom. The Morgan fingerprint density at radius 1 is 0.941 bits per heavy atom. The number of hydrogen-bond donors (Lipinski definition) is 0. The van der Waals surface area contributed by atoms with Crippen LogP contribution in [0.5, 0.6) is 5.88 Å². The third kappa shape index (κ3) is 5.43. The van der Waals surface area contributed by atoms with Crippen molar-refractivity contribution >= 4 is 5.69 Å². The number of rotatable bonds is 6. The smallest absolute Gasteiger partial charge is 0.213 e. The fraction of sp³-hybridized carbons (Fsp3) is 0.633. The number of benzene rings is 1. The molecule has 1 aromatic heterocycles. The SMILES string of the molecule is COc1cccc(-c2ccc(N3CCN(CC4CC4)CC3)c(C3CC(C)(C)CC(C)(C)C3)c2)n1. The van der Waals surface area contributed by atoms with E-state index in [1.807, 2.05) is 12.1 Å². The molecule has 3 aliphatic rings. The number of methoxy groups -OCH3 is 1. The van der Waals surface area contributed by atoms with Gasteiger partial charge in [0, 0.05) is 50.0 Å². The molecule has 0 radical (unpaired) electrons. The summed E-state index contributed by atoms with van der Waals surface area (Å²) in [5, 5.41) is 0. The number of anilines is 1. The first-order valence-electron chi connectivity index (χ1n) is 13.3. The molecule has 34 heavy (non-hydrogen) atoms. The van der Waals surface area contributed by atoms with Gasteiger partial charge in [0.25, 0.3) is 0 Å². The highest BCUT2D eigenvalue weighted by atomic mass is 16.5. The molecule has 0 amide bonds. The molecule has 0 atom stereocenters. The second-order valence-corrected chi connectivity index (χ2v) is 12.7. The topological polar surface area (TPSA) is 28.6 Å². The van der Waals surface area contributed by atoms with Crippen LogP contribution in [0.3, 0.4) is 0 Å². The Morgan fingerprint density at radius 3 is 2.29 bits per heavy atom. The van der Waals surface area contributed by atoms with Gasteiger partial charge in [-0.05, 0) is 78.5 Å². The molecule has 4 heteroatoms. The number of nitrogens with zero attached hydrogens (tertiary/aromatic N) is 3. The summed E-state index contributed by atoms with van der Waals surface area (Å²) in [4.78, 5) is 10.1. The zero-order valence-corrected chi connectivity index (χ0v) is 21.9. The van der Waals surface area contributed by atoms with Crippen molar-refractivity contribution in [2.45, 2.75) is 65.7 Å². The Kier molecular flexibility index (Phi) is 6.39. The number of ether oxygens (including phenoxy) is 1. The first-order chi connectivity index (χ1) is 16.2. The van der Waals surface area contributed by atoms with Crippen molar-refractivity contribution in [1.29, 1.82) is 0 Å². The van der Waals surface area contributed by atoms with Crippen LogP contribution in [0.4, 0.5) is 5.69 Å². The van der Waals surface area contributed by atoms with Crippen LogP contribution in [0.2, 0.25) is 0 Å². The molecular formula is C30H43N3O. The first-order valence-corrected chi connectivity index (χ1v) is 13.3. The summed E-state index contributed by atoms with van der Waals surface area (Å²) in [5.41, 5.74) is 5.89. The van der Waals surface area contributed by atoms with Crippen LogP contribution < -0.4 is 9.64 Å². The molecule has 0 bridgehead atoms. The highest BCUT2D eigenvalue weighted by Gasteiger charge is 2.40. The van der Waals surface area contributed by atoms with E-state index in [1.54, 1.807) is 7.11 Å². The molecule has 0 unspecified atom stereocenters. The molecule has 1 aromatic carbocycles. The molecule has 2 saturated carbocycles. The third-order valence-corrected chi connectivity index (χ3v) is 8.18. The lowest BCUT2D eigenvalue weighted by Gasteiger charge is -2.46. The number of piperazine rings is 1. The summed E-state index contributed by atoms with van der Waals surface area (Å²) in [6.07, 6.45) is 6.68. The van der Waals surface area contributed by atoms with Crippen molar-refractivity contribution in [3.8, 4) is 17.1 Å². The summed E-state index contributed by atoms with van der Waals surface area (Å²) in [6, 6.07) is 13.2. The lowest BCUT2D eigenvalue weighted by atomic mass is 9.60. The Balaban J connectivity index is 1.47. The van der Waals surface area contributed by atoms with Crippen molar-refractivity contribution in [1.82, 2.24) is 9.88 Å². The van der Waals surface area contributed by atoms with Gasteiger partial charge in [-0.2, -0.15) is 0 Å². The van der Waals surface area contributed by atoms with Gasteiger partial charge in [0.05, 0.1) is 12.8 Å². The first kappa shape index (κ1) is 23.7. The molecule has 1 aliphatic heterocycles. The van der Waals surface area contributed by atoms with Gasteiger partial charge < -0.3 is 9.64 Å². The van der Waals surface area contributed by atoms with Crippen molar-refractivity contribution in [2.24, 2.45) is 16.7 Å². The fourth-order valence-corrected chi connectivity index (χ4v) is 6.92. The molecule has 2 aliphatic carbocycles. The van der Waals surface area contributed by atoms with E-state index in [0.717, 1.165) is 24.7 Å². The number of aromatic nitrogens is 1. The van der Waals surface area contributed by atoms with Crippen LogP contribution in [0.1, 0.15) is 71.3 Å². The van der Waals surface area contributed by atoms with Crippen molar-refractivity contribution < 1.29 is 4.74 Å². The van der Waals surface area contributed by atoms with E-state index in [4.69, 9.17) is 9.72 Å². The molecule has 2 heterocycles. The van der Waals surface area contributed by atoms with Gasteiger partial charge in [-0.25, -0.2) is 4.98 Å². The average molecular weight is 462 g/mol. The Hall–Kier alpha value is -2.07. The fourth-order valence-electron chi connectivity index (χ4n) is 6.92. The lowest BCUT2D eigenvalue weighted by molar-refractivity contribution is 0.0970. The van der Waals surface area contributed by atoms with E-state index in [0.29, 0.717) is 22.6 Å². The Labute approximate surface area is 206 Å². The van der Waals surface area contributed by atoms with Crippen molar-refractivity contribution in [3.05, 3.63) is 42.0 Å². The second-order valence-electron chi connectivity index (χ2n) is 12.7. The van der Waals surface area contributed by atoms with E-state index in [9.17, 15) is 0 Å². The van der Waals surface area contributed by atoms with Crippen LogP contribution in [0, 0.1) is 16.7 Å². The predicted molar refractivity (Wildman–Crippen MR) is 142 cm³/mol. The maximum absolute atomic E-state index is 5.41. The summed E-state index contributed by atoms with van der Waals surface area (Å²) in [6.45, 7) is 15.8.